The van der Waals surface area contributed by atoms with Crippen molar-refractivity contribution in [2.45, 2.75) is 38.3 Å². The molecule has 1 aliphatic carbocycles. The molecule has 1 atom stereocenters. The monoisotopic (exact) mass is 320 g/mol. The van der Waals surface area contributed by atoms with Crippen molar-refractivity contribution in [1.29, 1.82) is 0 Å². The van der Waals surface area contributed by atoms with Gasteiger partial charge in [-0.2, -0.15) is 0 Å². The van der Waals surface area contributed by atoms with Crippen molar-refractivity contribution in [3.05, 3.63) is 66.2 Å². The molecule has 1 amide bonds. The van der Waals surface area contributed by atoms with E-state index in [0.717, 1.165) is 35.1 Å². The molecule has 1 aliphatic rings. The lowest BCUT2D eigenvalue weighted by atomic mass is 10.1. The fraction of sp³-hybridized carbons (Fsp3) is 0.300. The van der Waals surface area contributed by atoms with Gasteiger partial charge < -0.3 is 9.32 Å². The summed E-state index contributed by atoms with van der Waals surface area (Å²) in [5.41, 5.74) is 1.89. The van der Waals surface area contributed by atoms with E-state index in [2.05, 4.69) is 4.98 Å². The predicted octanol–water partition coefficient (Wildman–Crippen LogP) is 4.12. The molecule has 2 heterocycles. The highest BCUT2D eigenvalue weighted by Gasteiger charge is 2.37. The first-order valence-corrected chi connectivity index (χ1v) is 8.41. The third-order valence-corrected chi connectivity index (χ3v) is 4.66. The highest BCUT2D eigenvalue weighted by molar-refractivity contribution is 5.88. The molecular formula is C20H20N2O2. The minimum Gasteiger partial charge on any atom is -0.467 e. The molecule has 0 saturated heterocycles. The average Bonchev–Trinajstić information content (AvgIpc) is 3.26. The summed E-state index contributed by atoms with van der Waals surface area (Å²) in [5.74, 6) is 0.978. The topological polar surface area (TPSA) is 46.3 Å². The van der Waals surface area contributed by atoms with Crippen molar-refractivity contribution in [2.75, 3.05) is 0 Å². The molecule has 0 spiro atoms. The first-order valence-electron chi connectivity index (χ1n) is 8.41. The summed E-state index contributed by atoms with van der Waals surface area (Å²) in [5, 5.41) is 1.07. The first kappa shape index (κ1) is 14.9. The predicted molar refractivity (Wildman–Crippen MR) is 92.4 cm³/mol. The number of aromatic nitrogens is 1. The largest absolute Gasteiger partial charge is 0.467 e. The molecule has 122 valence electrons. The van der Waals surface area contributed by atoms with E-state index in [0.29, 0.717) is 12.5 Å². The third-order valence-electron chi connectivity index (χ3n) is 4.66. The van der Waals surface area contributed by atoms with Gasteiger partial charge in [0.15, 0.2) is 0 Å². The van der Waals surface area contributed by atoms with Gasteiger partial charge in [-0.25, -0.2) is 0 Å². The number of furan rings is 1. The molecule has 2 aromatic heterocycles. The summed E-state index contributed by atoms with van der Waals surface area (Å²) < 4.78 is 5.52. The van der Waals surface area contributed by atoms with Crippen LogP contribution >= 0.6 is 0 Å². The van der Waals surface area contributed by atoms with E-state index in [9.17, 15) is 4.79 Å². The number of carbonyl (C=O) groups is 1. The van der Waals surface area contributed by atoms with Crippen LogP contribution in [0.4, 0.5) is 0 Å². The second kappa shape index (κ2) is 6.11. The minimum absolute atomic E-state index is 0.0389. The number of rotatable bonds is 5. The van der Waals surface area contributed by atoms with E-state index < -0.39 is 0 Å². The molecule has 4 heteroatoms. The van der Waals surface area contributed by atoms with Crippen molar-refractivity contribution < 1.29 is 9.21 Å². The lowest BCUT2D eigenvalue weighted by Crippen LogP contribution is -2.36. The number of benzene rings is 1. The molecule has 0 radical (unpaired) electrons. The summed E-state index contributed by atoms with van der Waals surface area (Å²) in [6, 6.07) is 14.1. The van der Waals surface area contributed by atoms with Gasteiger partial charge in [0.25, 0.3) is 0 Å². The Balaban J connectivity index is 1.61. The van der Waals surface area contributed by atoms with E-state index in [-0.39, 0.29) is 11.9 Å². The van der Waals surface area contributed by atoms with Gasteiger partial charge in [0.1, 0.15) is 5.76 Å². The number of para-hydroxylation sites is 1. The number of nitrogens with zero attached hydrogens (tertiary/aromatic N) is 2. The van der Waals surface area contributed by atoms with Crippen molar-refractivity contribution in [2.24, 2.45) is 0 Å². The summed E-state index contributed by atoms with van der Waals surface area (Å²) in [4.78, 5) is 19.5. The average molecular weight is 320 g/mol. The van der Waals surface area contributed by atoms with Gasteiger partial charge in [-0.15, -0.1) is 0 Å². The quantitative estimate of drug-likeness (QED) is 0.710. The van der Waals surface area contributed by atoms with E-state index in [4.69, 9.17) is 4.42 Å². The zero-order valence-electron chi connectivity index (χ0n) is 13.7. The molecule has 3 aromatic rings. The summed E-state index contributed by atoms with van der Waals surface area (Å²) >= 11 is 0. The van der Waals surface area contributed by atoms with Gasteiger partial charge in [-0.05, 0) is 43.5 Å². The number of fused-ring (bicyclic) bond motifs is 1. The fourth-order valence-electron chi connectivity index (χ4n) is 3.32. The molecule has 4 rings (SSSR count). The van der Waals surface area contributed by atoms with Crippen LogP contribution in [0, 0.1) is 0 Å². The highest BCUT2D eigenvalue weighted by Crippen LogP contribution is 2.35. The summed E-state index contributed by atoms with van der Waals surface area (Å²) in [6.07, 6.45) is 5.96. The Morgan fingerprint density at radius 1 is 1.25 bits per heavy atom. The Morgan fingerprint density at radius 3 is 2.83 bits per heavy atom. The Morgan fingerprint density at radius 2 is 2.08 bits per heavy atom. The summed E-state index contributed by atoms with van der Waals surface area (Å²) in [7, 11) is 0. The highest BCUT2D eigenvalue weighted by atomic mass is 16.3. The van der Waals surface area contributed by atoms with Crippen molar-refractivity contribution in [1.82, 2.24) is 9.88 Å². The zero-order chi connectivity index (χ0) is 16.5. The van der Waals surface area contributed by atoms with E-state index >= 15 is 0 Å². The maximum absolute atomic E-state index is 13.0. The van der Waals surface area contributed by atoms with Crippen LogP contribution in [0.1, 0.15) is 37.1 Å². The smallest absolute Gasteiger partial charge is 0.227 e. The molecule has 24 heavy (non-hydrogen) atoms. The van der Waals surface area contributed by atoms with Crippen LogP contribution in [0.5, 0.6) is 0 Å². The van der Waals surface area contributed by atoms with Gasteiger partial charge in [-0.3, -0.25) is 9.78 Å². The molecular weight excluding hydrogens is 300 g/mol. The lowest BCUT2D eigenvalue weighted by Gasteiger charge is -2.28. The maximum atomic E-state index is 13.0. The normalized spacial score (nSPS) is 15.4. The molecule has 1 unspecified atom stereocenters. The molecule has 0 N–H and O–H groups in total. The fourth-order valence-corrected chi connectivity index (χ4v) is 3.32. The third kappa shape index (κ3) is 2.80. The van der Waals surface area contributed by atoms with Gasteiger partial charge in [-0.1, -0.05) is 24.3 Å². The van der Waals surface area contributed by atoms with Crippen LogP contribution in [0.25, 0.3) is 10.9 Å². The standard InChI is InChI=1S/C20H20N2O2/c1-14(18-8-4-12-24-18)22(17-9-10-17)19(23)13-16-6-2-5-15-7-3-11-21-20(15)16/h2-8,11-12,14,17H,9-10,13H2,1H3. The Bertz CT molecular complexity index is 848. The molecule has 1 aromatic carbocycles. The van der Waals surface area contributed by atoms with Gasteiger partial charge in [0.05, 0.1) is 24.2 Å². The molecule has 0 bridgehead atoms. The van der Waals surface area contributed by atoms with Crippen molar-refractivity contribution >= 4 is 16.8 Å². The molecule has 1 saturated carbocycles. The zero-order valence-corrected chi connectivity index (χ0v) is 13.7. The van der Waals surface area contributed by atoms with Crippen molar-refractivity contribution in [3.63, 3.8) is 0 Å². The van der Waals surface area contributed by atoms with E-state index in [1.807, 2.05) is 54.3 Å². The summed E-state index contributed by atoms with van der Waals surface area (Å²) in [6.45, 7) is 2.04. The SMILES string of the molecule is CC(c1ccco1)N(C(=O)Cc1cccc2cccnc12)C1CC1. The van der Waals surface area contributed by atoms with Gasteiger partial charge in [0.2, 0.25) is 5.91 Å². The molecule has 0 aliphatic heterocycles. The first-order chi connectivity index (χ1) is 11.7. The maximum Gasteiger partial charge on any atom is 0.227 e. The number of pyridine rings is 1. The van der Waals surface area contributed by atoms with Crippen LogP contribution < -0.4 is 0 Å². The Hall–Kier alpha value is -2.62. The minimum atomic E-state index is -0.0389. The second-order valence-electron chi connectivity index (χ2n) is 6.39. The van der Waals surface area contributed by atoms with E-state index in [1.165, 1.54) is 0 Å². The van der Waals surface area contributed by atoms with Crippen LogP contribution in [-0.2, 0) is 11.2 Å². The van der Waals surface area contributed by atoms with Gasteiger partial charge in [0, 0.05) is 17.6 Å². The van der Waals surface area contributed by atoms with Crippen LogP contribution in [-0.4, -0.2) is 21.8 Å². The Kier molecular flexibility index (Phi) is 3.81. The number of amides is 1. The number of carbonyl (C=O) groups excluding carboxylic acids is 1. The molecule has 1 fully saturated rings. The second-order valence-corrected chi connectivity index (χ2v) is 6.39. The number of hydrogen-bond donors (Lipinski definition) is 0. The Labute approximate surface area is 141 Å². The number of hydrogen-bond acceptors (Lipinski definition) is 3. The lowest BCUT2D eigenvalue weighted by molar-refractivity contribution is -0.133. The van der Waals surface area contributed by atoms with Crippen LogP contribution in [0.3, 0.4) is 0 Å². The van der Waals surface area contributed by atoms with Gasteiger partial charge >= 0.3 is 0 Å². The van der Waals surface area contributed by atoms with Crippen molar-refractivity contribution in [3.8, 4) is 0 Å². The molecule has 4 nitrogen and oxygen atoms in total. The van der Waals surface area contributed by atoms with Crippen LogP contribution in [0.2, 0.25) is 0 Å². The van der Waals surface area contributed by atoms with Crippen LogP contribution in [0.15, 0.2) is 59.3 Å². The van der Waals surface area contributed by atoms with E-state index in [1.54, 1.807) is 12.5 Å².